The number of benzene rings is 2. The van der Waals surface area contributed by atoms with Crippen molar-refractivity contribution in [2.45, 2.75) is 0 Å². The van der Waals surface area contributed by atoms with Gasteiger partial charge in [0.25, 0.3) is 5.91 Å². The molecule has 0 aliphatic rings. The van der Waals surface area contributed by atoms with E-state index in [1.54, 1.807) is 24.5 Å². The fraction of sp³-hybridized carbons (Fsp3) is 0. The zero-order chi connectivity index (χ0) is 13.1. The first-order valence-electron chi connectivity index (χ1n) is 6.03. The van der Waals surface area contributed by atoms with Crippen LogP contribution in [0.4, 0.5) is 5.69 Å². The predicted octanol–water partition coefficient (Wildman–Crippen LogP) is 3.49. The summed E-state index contributed by atoms with van der Waals surface area (Å²) in [5.41, 5.74) is 1.42. The minimum absolute atomic E-state index is 0.108. The van der Waals surface area contributed by atoms with Crippen LogP contribution in [-0.2, 0) is 0 Å². The number of amides is 1. The Kier molecular flexibility index (Phi) is 2.94. The molecule has 0 atom stereocenters. The summed E-state index contributed by atoms with van der Waals surface area (Å²) in [7, 11) is 0. The largest absolute Gasteiger partial charge is 0.322 e. The number of pyridine rings is 1. The summed E-state index contributed by atoms with van der Waals surface area (Å²) in [6, 6.07) is 16.9. The highest BCUT2D eigenvalue weighted by atomic mass is 16.1. The highest BCUT2D eigenvalue weighted by Gasteiger charge is 2.05. The number of fused-ring (bicyclic) bond motifs is 1. The Morgan fingerprint density at radius 2 is 1.79 bits per heavy atom. The van der Waals surface area contributed by atoms with Crippen molar-refractivity contribution >= 4 is 22.4 Å². The minimum atomic E-state index is -0.108. The van der Waals surface area contributed by atoms with E-state index in [0.717, 1.165) is 16.5 Å². The molecule has 1 N–H and O–H groups in total. The van der Waals surface area contributed by atoms with Crippen LogP contribution in [0.25, 0.3) is 10.8 Å². The Morgan fingerprint density at radius 1 is 0.947 bits per heavy atom. The van der Waals surface area contributed by atoms with E-state index in [4.69, 9.17) is 0 Å². The van der Waals surface area contributed by atoms with Crippen molar-refractivity contribution in [3.63, 3.8) is 0 Å². The summed E-state index contributed by atoms with van der Waals surface area (Å²) >= 11 is 0. The summed E-state index contributed by atoms with van der Waals surface area (Å²) in [4.78, 5) is 16.1. The summed E-state index contributed by atoms with van der Waals surface area (Å²) in [6.07, 6.45) is 3.54. The smallest absolute Gasteiger partial charge is 0.255 e. The van der Waals surface area contributed by atoms with Crippen LogP contribution in [0.15, 0.2) is 67.0 Å². The number of nitrogens with one attached hydrogen (secondary N) is 1. The van der Waals surface area contributed by atoms with Gasteiger partial charge in [-0.15, -0.1) is 0 Å². The van der Waals surface area contributed by atoms with E-state index in [1.807, 2.05) is 42.5 Å². The quantitative estimate of drug-likeness (QED) is 0.754. The lowest BCUT2D eigenvalue weighted by Gasteiger charge is -2.06. The Hall–Kier alpha value is -2.68. The number of rotatable bonds is 2. The van der Waals surface area contributed by atoms with Gasteiger partial charge in [0.2, 0.25) is 0 Å². The second-order valence-corrected chi connectivity index (χ2v) is 4.26. The maximum absolute atomic E-state index is 12.0. The fourth-order valence-electron chi connectivity index (χ4n) is 1.96. The van der Waals surface area contributed by atoms with Gasteiger partial charge >= 0.3 is 0 Å². The predicted molar refractivity (Wildman–Crippen MR) is 76.1 cm³/mol. The third-order valence-electron chi connectivity index (χ3n) is 2.93. The first-order valence-corrected chi connectivity index (χ1v) is 6.03. The lowest BCUT2D eigenvalue weighted by atomic mass is 10.1. The van der Waals surface area contributed by atoms with Crippen molar-refractivity contribution in [2.24, 2.45) is 0 Å². The second kappa shape index (κ2) is 4.90. The molecule has 0 fully saturated rings. The molecular weight excluding hydrogens is 236 g/mol. The van der Waals surface area contributed by atoms with Crippen molar-refractivity contribution in [3.05, 3.63) is 72.6 Å². The second-order valence-electron chi connectivity index (χ2n) is 4.26. The van der Waals surface area contributed by atoms with Crippen LogP contribution in [0.5, 0.6) is 0 Å². The molecule has 1 heterocycles. The minimum Gasteiger partial charge on any atom is -0.322 e. The van der Waals surface area contributed by atoms with Crippen molar-refractivity contribution in [2.75, 3.05) is 5.32 Å². The number of nitrogens with zero attached hydrogens (tertiary/aromatic N) is 1. The highest BCUT2D eigenvalue weighted by molar-refractivity contribution is 6.05. The molecule has 3 rings (SSSR count). The molecule has 0 unspecified atom stereocenters. The van der Waals surface area contributed by atoms with Crippen LogP contribution in [0.2, 0.25) is 0 Å². The monoisotopic (exact) mass is 248 g/mol. The summed E-state index contributed by atoms with van der Waals surface area (Å²) in [5, 5.41) is 5.00. The molecule has 3 aromatic rings. The normalized spacial score (nSPS) is 10.3. The molecule has 1 aromatic heterocycles. The maximum atomic E-state index is 12.0. The molecular formula is C16H12N2O. The fourth-order valence-corrected chi connectivity index (χ4v) is 1.96. The van der Waals surface area contributed by atoms with Gasteiger partial charge in [-0.2, -0.15) is 0 Å². The molecule has 92 valence electrons. The number of hydrogen-bond donors (Lipinski definition) is 1. The summed E-state index contributed by atoms with van der Waals surface area (Å²) in [6.45, 7) is 0. The molecule has 2 aromatic carbocycles. The average Bonchev–Trinajstić information content (AvgIpc) is 2.48. The van der Waals surface area contributed by atoms with Gasteiger partial charge < -0.3 is 5.32 Å². The van der Waals surface area contributed by atoms with E-state index in [1.165, 1.54) is 0 Å². The molecule has 3 nitrogen and oxygen atoms in total. The lowest BCUT2D eigenvalue weighted by molar-refractivity contribution is 0.102. The molecule has 1 amide bonds. The van der Waals surface area contributed by atoms with Gasteiger partial charge in [-0.1, -0.05) is 24.3 Å². The summed E-state index contributed by atoms with van der Waals surface area (Å²) < 4.78 is 0. The Bertz CT molecular complexity index is 723. The molecule has 0 radical (unpaired) electrons. The van der Waals surface area contributed by atoms with Gasteiger partial charge in [0.15, 0.2) is 0 Å². The van der Waals surface area contributed by atoms with Crippen molar-refractivity contribution in [1.29, 1.82) is 0 Å². The Labute approximate surface area is 110 Å². The van der Waals surface area contributed by atoms with Crippen molar-refractivity contribution in [3.8, 4) is 0 Å². The van der Waals surface area contributed by atoms with Gasteiger partial charge in [0, 0.05) is 29.0 Å². The summed E-state index contributed by atoms with van der Waals surface area (Å²) in [5.74, 6) is -0.108. The number of aromatic nitrogens is 1. The third-order valence-corrected chi connectivity index (χ3v) is 2.93. The van der Waals surface area contributed by atoms with Crippen molar-refractivity contribution < 1.29 is 4.79 Å². The first-order chi connectivity index (χ1) is 9.33. The molecule has 0 spiro atoms. The van der Waals surface area contributed by atoms with Crippen LogP contribution in [0.1, 0.15) is 10.4 Å². The van der Waals surface area contributed by atoms with Crippen LogP contribution in [0, 0.1) is 0 Å². The van der Waals surface area contributed by atoms with E-state index < -0.39 is 0 Å². The van der Waals surface area contributed by atoms with E-state index in [9.17, 15) is 4.79 Å². The average molecular weight is 248 g/mol. The van der Waals surface area contributed by atoms with Crippen LogP contribution in [0.3, 0.4) is 0 Å². The number of carbonyl (C=O) groups is 1. The Morgan fingerprint density at radius 3 is 2.63 bits per heavy atom. The number of anilines is 1. The molecule has 3 heteroatoms. The molecule has 0 bridgehead atoms. The number of hydrogen-bond acceptors (Lipinski definition) is 2. The first kappa shape index (κ1) is 11.4. The zero-order valence-corrected chi connectivity index (χ0v) is 10.2. The van der Waals surface area contributed by atoms with E-state index in [2.05, 4.69) is 10.3 Å². The third kappa shape index (κ3) is 2.45. The Balaban J connectivity index is 1.87. The molecule has 0 saturated carbocycles. The molecule has 0 aliphatic carbocycles. The van der Waals surface area contributed by atoms with E-state index in [0.29, 0.717) is 5.56 Å². The van der Waals surface area contributed by atoms with Gasteiger partial charge in [-0.3, -0.25) is 9.78 Å². The lowest BCUT2D eigenvalue weighted by Crippen LogP contribution is -2.11. The molecule has 0 aliphatic heterocycles. The van der Waals surface area contributed by atoms with Gasteiger partial charge in [0.1, 0.15) is 0 Å². The van der Waals surface area contributed by atoms with Crippen LogP contribution >= 0.6 is 0 Å². The number of carbonyl (C=O) groups excluding carboxylic acids is 1. The molecule has 0 saturated heterocycles. The van der Waals surface area contributed by atoms with Crippen LogP contribution < -0.4 is 5.32 Å². The standard InChI is InChI=1S/C16H12N2O/c19-16(13-4-2-1-3-5-13)18-15-7-6-12-8-9-17-11-14(12)10-15/h1-11H,(H,18,19). The maximum Gasteiger partial charge on any atom is 0.255 e. The molecule has 19 heavy (non-hydrogen) atoms. The SMILES string of the molecule is O=C(Nc1ccc2ccncc2c1)c1ccccc1. The zero-order valence-electron chi connectivity index (χ0n) is 10.2. The highest BCUT2D eigenvalue weighted by Crippen LogP contribution is 2.18. The van der Waals surface area contributed by atoms with E-state index in [-0.39, 0.29) is 5.91 Å². The van der Waals surface area contributed by atoms with Crippen molar-refractivity contribution in [1.82, 2.24) is 4.98 Å². The van der Waals surface area contributed by atoms with Gasteiger partial charge in [0.05, 0.1) is 0 Å². The van der Waals surface area contributed by atoms with Gasteiger partial charge in [-0.25, -0.2) is 0 Å². The van der Waals surface area contributed by atoms with Crippen LogP contribution in [-0.4, -0.2) is 10.9 Å². The van der Waals surface area contributed by atoms with E-state index >= 15 is 0 Å². The topological polar surface area (TPSA) is 42.0 Å². The van der Waals surface area contributed by atoms with Gasteiger partial charge in [-0.05, 0) is 35.7 Å².